The predicted molar refractivity (Wildman–Crippen MR) is 92.1 cm³/mol. The van der Waals surface area contributed by atoms with Crippen molar-refractivity contribution in [2.45, 2.75) is 31.9 Å². The van der Waals surface area contributed by atoms with Gasteiger partial charge in [0.05, 0.1) is 12.1 Å². The molecule has 1 aromatic carbocycles. The quantitative estimate of drug-likeness (QED) is 0.886. The van der Waals surface area contributed by atoms with Crippen molar-refractivity contribution in [3.8, 4) is 0 Å². The summed E-state index contributed by atoms with van der Waals surface area (Å²) in [6.07, 6.45) is 9.68. The molecule has 0 radical (unpaired) electrons. The molecule has 1 heterocycles. The van der Waals surface area contributed by atoms with Gasteiger partial charge < -0.3 is 15.0 Å². The summed E-state index contributed by atoms with van der Waals surface area (Å²) in [5, 5.41) is 14.7. The number of hydrogen-bond donors (Lipinski definition) is 2. The van der Waals surface area contributed by atoms with Crippen LogP contribution < -0.4 is 5.32 Å². The van der Waals surface area contributed by atoms with Crippen molar-refractivity contribution in [2.75, 3.05) is 13.6 Å². The van der Waals surface area contributed by atoms with Crippen molar-refractivity contribution >= 4 is 10.9 Å². The molecule has 3 rings (SSSR count). The normalized spacial score (nSPS) is 17.3. The Bertz CT molecular complexity index is 760. The highest BCUT2D eigenvalue weighted by molar-refractivity contribution is 5.84. The van der Waals surface area contributed by atoms with Crippen LogP contribution in [0.4, 0.5) is 4.39 Å². The first kappa shape index (κ1) is 16.0. The van der Waals surface area contributed by atoms with Crippen molar-refractivity contribution in [2.24, 2.45) is 0 Å². The Hall–Kier alpha value is -1.91. The third-order valence-electron chi connectivity index (χ3n) is 4.50. The van der Waals surface area contributed by atoms with E-state index in [0.717, 1.165) is 29.3 Å². The number of halogens is 1. The molecule has 1 aliphatic rings. The molecule has 1 aliphatic carbocycles. The third kappa shape index (κ3) is 3.09. The average Bonchev–Trinajstić information content (AvgIpc) is 2.85. The first-order chi connectivity index (χ1) is 11.1. The fourth-order valence-corrected chi connectivity index (χ4v) is 3.43. The second kappa shape index (κ2) is 6.69. The zero-order valence-electron chi connectivity index (χ0n) is 13.6. The van der Waals surface area contributed by atoms with Gasteiger partial charge in [-0.25, -0.2) is 4.39 Å². The van der Waals surface area contributed by atoms with Crippen molar-refractivity contribution < 1.29 is 9.50 Å². The molecule has 2 aromatic rings. The Balaban J connectivity index is 2.13. The minimum atomic E-state index is -0.544. The van der Waals surface area contributed by atoms with E-state index in [2.05, 4.69) is 28.1 Å². The molecular formula is C19H23FN2O. The lowest BCUT2D eigenvalue weighted by Gasteiger charge is -2.29. The van der Waals surface area contributed by atoms with Gasteiger partial charge in [0.2, 0.25) is 0 Å². The molecule has 1 unspecified atom stereocenters. The number of nitrogens with zero attached hydrogens (tertiary/aromatic N) is 1. The van der Waals surface area contributed by atoms with E-state index >= 15 is 0 Å². The molecule has 0 fully saturated rings. The maximum Gasteiger partial charge on any atom is 0.123 e. The highest BCUT2D eigenvalue weighted by Gasteiger charge is 2.26. The zero-order valence-corrected chi connectivity index (χ0v) is 13.6. The molecule has 2 N–H and O–H groups in total. The number of aliphatic hydroxyl groups is 1. The lowest BCUT2D eigenvalue weighted by molar-refractivity contribution is 0.129. The standard InChI is InChI=1S/C19H23FN2O/c1-13-12-22(17-9-8-15(20)10-16(13)17)19(18(23)11-21-2)14-6-4-3-5-7-14/h3-4,6,8-10,12,18-19,21,23H,5,7,11H2,1-2H3/t18?,19-/m0/s1. The number of rotatable bonds is 5. The first-order valence-electron chi connectivity index (χ1n) is 8.06. The van der Waals surface area contributed by atoms with E-state index in [9.17, 15) is 9.50 Å². The summed E-state index contributed by atoms with van der Waals surface area (Å²) < 4.78 is 15.7. The molecule has 0 bridgehead atoms. The maximum absolute atomic E-state index is 13.6. The number of allylic oxidation sites excluding steroid dienone is 3. The van der Waals surface area contributed by atoms with Crippen LogP contribution in [-0.4, -0.2) is 29.4 Å². The minimum absolute atomic E-state index is 0.144. The first-order valence-corrected chi connectivity index (χ1v) is 8.06. The Labute approximate surface area is 136 Å². The Morgan fingerprint density at radius 2 is 2.22 bits per heavy atom. The van der Waals surface area contributed by atoms with E-state index in [-0.39, 0.29) is 11.9 Å². The van der Waals surface area contributed by atoms with Gasteiger partial charge in [0, 0.05) is 23.6 Å². The monoisotopic (exact) mass is 314 g/mol. The van der Waals surface area contributed by atoms with Gasteiger partial charge in [-0.3, -0.25) is 0 Å². The van der Waals surface area contributed by atoms with Gasteiger partial charge in [-0.2, -0.15) is 0 Å². The second-order valence-electron chi connectivity index (χ2n) is 6.16. The number of fused-ring (bicyclic) bond motifs is 1. The number of benzene rings is 1. The lowest BCUT2D eigenvalue weighted by Crippen LogP contribution is -2.34. The van der Waals surface area contributed by atoms with Crippen molar-refractivity contribution in [1.82, 2.24) is 9.88 Å². The number of aromatic nitrogens is 1. The molecule has 0 saturated carbocycles. The molecule has 2 atom stereocenters. The summed E-state index contributed by atoms with van der Waals surface area (Å²) in [5.41, 5.74) is 3.18. The number of aryl methyl sites for hydroxylation is 1. The van der Waals surface area contributed by atoms with Crippen LogP contribution in [0, 0.1) is 12.7 Å². The van der Waals surface area contributed by atoms with Gasteiger partial charge in [0.15, 0.2) is 0 Å². The number of hydrogen-bond acceptors (Lipinski definition) is 2. The summed E-state index contributed by atoms with van der Waals surface area (Å²) in [7, 11) is 1.84. The molecule has 0 amide bonds. The summed E-state index contributed by atoms with van der Waals surface area (Å²) in [6, 6.07) is 4.71. The van der Waals surface area contributed by atoms with Crippen LogP contribution in [0.5, 0.6) is 0 Å². The number of likely N-dealkylation sites (N-methyl/N-ethyl adjacent to an activating group) is 1. The van der Waals surface area contributed by atoms with Gasteiger partial charge >= 0.3 is 0 Å². The van der Waals surface area contributed by atoms with E-state index in [1.807, 2.05) is 20.2 Å². The van der Waals surface area contributed by atoms with Crippen LogP contribution in [0.15, 0.2) is 48.2 Å². The molecule has 0 aliphatic heterocycles. The van der Waals surface area contributed by atoms with Gasteiger partial charge in [-0.1, -0.05) is 18.2 Å². The fraction of sp³-hybridized carbons (Fsp3) is 0.368. The smallest absolute Gasteiger partial charge is 0.123 e. The van der Waals surface area contributed by atoms with Gasteiger partial charge in [0.25, 0.3) is 0 Å². The van der Waals surface area contributed by atoms with E-state index in [1.165, 1.54) is 11.6 Å². The molecule has 0 spiro atoms. The highest BCUT2D eigenvalue weighted by atomic mass is 19.1. The molecule has 122 valence electrons. The van der Waals surface area contributed by atoms with Crippen LogP contribution in [-0.2, 0) is 0 Å². The van der Waals surface area contributed by atoms with Gasteiger partial charge in [0.1, 0.15) is 5.82 Å². The molecular weight excluding hydrogens is 291 g/mol. The fourth-order valence-electron chi connectivity index (χ4n) is 3.43. The molecule has 3 nitrogen and oxygen atoms in total. The van der Waals surface area contributed by atoms with Crippen LogP contribution in [0.3, 0.4) is 0 Å². The van der Waals surface area contributed by atoms with E-state index in [1.54, 1.807) is 12.1 Å². The summed E-state index contributed by atoms with van der Waals surface area (Å²) >= 11 is 0. The van der Waals surface area contributed by atoms with Crippen molar-refractivity contribution in [3.63, 3.8) is 0 Å². The topological polar surface area (TPSA) is 37.2 Å². The van der Waals surface area contributed by atoms with E-state index in [4.69, 9.17) is 0 Å². The van der Waals surface area contributed by atoms with Crippen LogP contribution in [0.2, 0.25) is 0 Å². The number of aliphatic hydroxyl groups excluding tert-OH is 1. The molecule has 4 heteroatoms. The van der Waals surface area contributed by atoms with Crippen LogP contribution in [0.1, 0.15) is 24.4 Å². The van der Waals surface area contributed by atoms with Crippen molar-refractivity contribution in [1.29, 1.82) is 0 Å². The predicted octanol–water partition coefficient (Wildman–Crippen LogP) is 3.49. The van der Waals surface area contributed by atoms with Gasteiger partial charge in [-0.05, 0) is 56.1 Å². The summed E-state index contributed by atoms with van der Waals surface area (Å²) in [6.45, 7) is 2.49. The Kier molecular flexibility index (Phi) is 4.64. The Morgan fingerprint density at radius 3 is 2.91 bits per heavy atom. The lowest BCUT2D eigenvalue weighted by atomic mass is 9.93. The zero-order chi connectivity index (χ0) is 16.4. The minimum Gasteiger partial charge on any atom is -0.389 e. The summed E-state index contributed by atoms with van der Waals surface area (Å²) in [5.74, 6) is -0.231. The SMILES string of the molecule is CNCC(O)[C@H](C1=CC=CCC1)n1cc(C)c2cc(F)ccc21. The van der Waals surface area contributed by atoms with Gasteiger partial charge in [-0.15, -0.1) is 0 Å². The summed E-state index contributed by atoms with van der Waals surface area (Å²) in [4.78, 5) is 0. The number of nitrogens with one attached hydrogen (secondary N) is 1. The largest absolute Gasteiger partial charge is 0.389 e. The van der Waals surface area contributed by atoms with Crippen molar-refractivity contribution in [3.05, 3.63) is 59.6 Å². The van der Waals surface area contributed by atoms with E-state index < -0.39 is 6.10 Å². The average molecular weight is 314 g/mol. The molecule has 23 heavy (non-hydrogen) atoms. The van der Waals surface area contributed by atoms with E-state index in [0.29, 0.717) is 6.54 Å². The second-order valence-corrected chi connectivity index (χ2v) is 6.16. The maximum atomic E-state index is 13.6. The van der Waals surface area contributed by atoms with Crippen LogP contribution >= 0.6 is 0 Å². The van der Waals surface area contributed by atoms with Crippen LogP contribution in [0.25, 0.3) is 10.9 Å². The highest BCUT2D eigenvalue weighted by Crippen LogP contribution is 2.33. The Morgan fingerprint density at radius 1 is 1.39 bits per heavy atom. The molecule has 1 aromatic heterocycles. The third-order valence-corrected chi connectivity index (χ3v) is 4.50. The molecule has 0 saturated heterocycles.